The molecule has 5 nitrogen and oxygen atoms in total. The quantitative estimate of drug-likeness (QED) is 0.738. The van der Waals surface area contributed by atoms with E-state index in [1.807, 2.05) is 19.1 Å². The number of ether oxygens (including phenoxy) is 1. The van der Waals surface area contributed by atoms with Crippen molar-refractivity contribution in [3.05, 3.63) is 53.2 Å². The highest BCUT2D eigenvalue weighted by Gasteiger charge is 2.47. The first-order valence-electron chi connectivity index (χ1n) is 11.7. The Hall–Kier alpha value is -2.40. The molecular weight excluding hydrogens is 386 g/mol. The standard InChI is InChI=1S/C26H33N3O2/c1-16-5-4-6-24(27-16)28-25-17(2)26(20-7-8-20)29(18(3)30)23-10-9-21(15-22(23)25)19-11-13-31-14-12-19/h4-6,9-10,15,17,19-20,25-26H,7-8,11-14H2,1-3H3,(H,27,28)/t17-,25?,26?/m1/s1. The van der Waals surface area contributed by atoms with Crippen molar-refractivity contribution >= 4 is 17.4 Å². The van der Waals surface area contributed by atoms with Gasteiger partial charge in [0.05, 0.1) is 6.04 Å². The van der Waals surface area contributed by atoms with E-state index in [4.69, 9.17) is 9.72 Å². The van der Waals surface area contributed by atoms with Crippen molar-refractivity contribution < 1.29 is 9.53 Å². The molecule has 5 heteroatoms. The van der Waals surface area contributed by atoms with Crippen molar-refractivity contribution in [1.29, 1.82) is 0 Å². The van der Waals surface area contributed by atoms with Gasteiger partial charge in [0.1, 0.15) is 5.82 Å². The summed E-state index contributed by atoms with van der Waals surface area (Å²) in [6.07, 6.45) is 4.55. The molecule has 3 atom stereocenters. The van der Waals surface area contributed by atoms with Crippen LogP contribution in [0, 0.1) is 18.8 Å². The SMILES string of the molecule is CC(=O)N1c2ccc(C3CCOCC3)cc2C(Nc2cccc(C)n2)[C@@H](C)C1C1CC1. The van der Waals surface area contributed by atoms with E-state index in [2.05, 4.69) is 41.4 Å². The Balaban J connectivity index is 1.58. The predicted octanol–water partition coefficient (Wildman–Crippen LogP) is 5.22. The van der Waals surface area contributed by atoms with Gasteiger partial charge in [0.2, 0.25) is 5.91 Å². The average molecular weight is 420 g/mol. The number of rotatable bonds is 4. The highest BCUT2D eigenvalue weighted by atomic mass is 16.5. The number of carbonyl (C=O) groups is 1. The van der Waals surface area contributed by atoms with E-state index < -0.39 is 0 Å². The van der Waals surface area contributed by atoms with Crippen LogP contribution in [0.25, 0.3) is 0 Å². The molecule has 0 bridgehead atoms. The van der Waals surface area contributed by atoms with Gasteiger partial charge in [0.25, 0.3) is 0 Å². The van der Waals surface area contributed by atoms with Crippen molar-refractivity contribution in [2.24, 2.45) is 11.8 Å². The number of nitrogens with one attached hydrogen (secondary N) is 1. The van der Waals surface area contributed by atoms with Crippen LogP contribution in [-0.4, -0.2) is 30.1 Å². The van der Waals surface area contributed by atoms with Crippen molar-refractivity contribution in [3.8, 4) is 0 Å². The first-order chi connectivity index (χ1) is 15.0. The lowest BCUT2D eigenvalue weighted by atomic mass is 9.78. The first-order valence-corrected chi connectivity index (χ1v) is 11.7. The van der Waals surface area contributed by atoms with Crippen molar-refractivity contribution in [2.45, 2.75) is 64.5 Å². The maximum Gasteiger partial charge on any atom is 0.224 e. The maximum atomic E-state index is 12.8. The van der Waals surface area contributed by atoms with Gasteiger partial charge in [-0.1, -0.05) is 25.1 Å². The molecule has 2 fully saturated rings. The van der Waals surface area contributed by atoms with Crippen LogP contribution >= 0.6 is 0 Å². The molecule has 3 aliphatic rings. The van der Waals surface area contributed by atoms with Crippen molar-refractivity contribution in [3.63, 3.8) is 0 Å². The second kappa shape index (κ2) is 8.27. The van der Waals surface area contributed by atoms with Gasteiger partial charge >= 0.3 is 0 Å². The molecule has 1 N–H and O–H groups in total. The third-order valence-corrected chi connectivity index (χ3v) is 7.34. The van der Waals surface area contributed by atoms with E-state index in [-0.39, 0.29) is 18.0 Å². The van der Waals surface area contributed by atoms with Gasteiger partial charge in [-0.3, -0.25) is 4.79 Å². The number of aromatic nitrogens is 1. The Morgan fingerprint density at radius 2 is 1.90 bits per heavy atom. The van der Waals surface area contributed by atoms with E-state index in [0.717, 1.165) is 43.3 Å². The van der Waals surface area contributed by atoms with Gasteiger partial charge in [-0.2, -0.15) is 0 Å². The molecule has 164 valence electrons. The van der Waals surface area contributed by atoms with Crippen molar-refractivity contribution in [2.75, 3.05) is 23.4 Å². The molecular formula is C26H33N3O2. The van der Waals surface area contributed by atoms with E-state index in [1.54, 1.807) is 6.92 Å². The Bertz CT molecular complexity index is 965. The Morgan fingerprint density at radius 1 is 1.13 bits per heavy atom. The predicted molar refractivity (Wildman–Crippen MR) is 123 cm³/mol. The van der Waals surface area contributed by atoms with E-state index in [9.17, 15) is 4.79 Å². The van der Waals surface area contributed by atoms with E-state index in [0.29, 0.717) is 17.8 Å². The molecule has 1 aromatic heterocycles. The molecule has 0 spiro atoms. The first kappa shape index (κ1) is 20.5. The normalized spacial score (nSPS) is 26.4. The number of hydrogen-bond donors (Lipinski definition) is 1. The van der Waals surface area contributed by atoms with Crippen molar-refractivity contribution in [1.82, 2.24) is 4.98 Å². The minimum atomic E-state index is 0.130. The van der Waals surface area contributed by atoms with Crippen LogP contribution in [0.15, 0.2) is 36.4 Å². The third-order valence-electron chi connectivity index (χ3n) is 7.34. The zero-order chi connectivity index (χ0) is 21.5. The topological polar surface area (TPSA) is 54.5 Å². The van der Waals surface area contributed by atoms with Gasteiger partial charge in [0.15, 0.2) is 0 Å². The fourth-order valence-electron chi connectivity index (χ4n) is 5.65. The summed E-state index contributed by atoms with van der Waals surface area (Å²) in [5.74, 6) is 2.48. The number of benzene rings is 1. The number of carbonyl (C=O) groups excluding carboxylic acids is 1. The van der Waals surface area contributed by atoms with Gasteiger partial charge in [-0.15, -0.1) is 0 Å². The summed E-state index contributed by atoms with van der Waals surface area (Å²) in [4.78, 5) is 19.6. The summed E-state index contributed by atoms with van der Waals surface area (Å²) in [5, 5.41) is 3.76. The summed E-state index contributed by atoms with van der Waals surface area (Å²) < 4.78 is 5.58. The molecule has 31 heavy (non-hydrogen) atoms. The monoisotopic (exact) mass is 419 g/mol. The van der Waals surface area contributed by atoms with Crippen LogP contribution in [0.2, 0.25) is 0 Å². The minimum absolute atomic E-state index is 0.130. The maximum absolute atomic E-state index is 12.8. The molecule has 5 rings (SSSR count). The fraction of sp³-hybridized carbons (Fsp3) is 0.538. The van der Waals surface area contributed by atoms with Crippen LogP contribution in [-0.2, 0) is 9.53 Å². The second-order valence-electron chi connectivity index (χ2n) is 9.57. The molecule has 1 aromatic carbocycles. The van der Waals surface area contributed by atoms with Crippen LogP contribution in [0.5, 0.6) is 0 Å². The Labute approximate surface area is 185 Å². The number of hydrogen-bond acceptors (Lipinski definition) is 4. The molecule has 1 saturated heterocycles. The summed E-state index contributed by atoms with van der Waals surface area (Å²) >= 11 is 0. The van der Waals surface area contributed by atoms with Crippen LogP contribution in [0.4, 0.5) is 11.5 Å². The number of fused-ring (bicyclic) bond motifs is 1. The van der Waals surface area contributed by atoms with Gasteiger partial charge in [0, 0.05) is 43.5 Å². The molecule has 3 heterocycles. The van der Waals surface area contributed by atoms with Crippen LogP contribution in [0.3, 0.4) is 0 Å². The number of pyridine rings is 1. The molecule has 1 aliphatic carbocycles. The fourth-order valence-corrected chi connectivity index (χ4v) is 5.65. The lowest BCUT2D eigenvalue weighted by molar-refractivity contribution is -0.117. The number of nitrogens with zero attached hydrogens (tertiary/aromatic N) is 2. The largest absolute Gasteiger partial charge is 0.381 e. The number of amides is 1. The molecule has 1 amide bonds. The summed E-state index contributed by atoms with van der Waals surface area (Å²) in [7, 11) is 0. The van der Waals surface area contributed by atoms with Crippen LogP contribution in [0.1, 0.15) is 68.3 Å². The Morgan fingerprint density at radius 3 is 2.58 bits per heavy atom. The zero-order valence-electron chi connectivity index (χ0n) is 18.8. The van der Waals surface area contributed by atoms with Gasteiger partial charge in [-0.05, 0) is 73.8 Å². The molecule has 2 unspecified atom stereocenters. The number of anilines is 2. The number of aryl methyl sites for hydroxylation is 1. The summed E-state index contributed by atoms with van der Waals surface area (Å²) in [5.41, 5.74) is 4.68. The second-order valence-corrected chi connectivity index (χ2v) is 9.57. The van der Waals surface area contributed by atoms with E-state index in [1.165, 1.54) is 24.0 Å². The minimum Gasteiger partial charge on any atom is -0.381 e. The third kappa shape index (κ3) is 3.96. The summed E-state index contributed by atoms with van der Waals surface area (Å²) in [6, 6.07) is 13.3. The molecule has 1 saturated carbocycles. The van der Waals surface area contributed by atoms with Gasteiger partial charge < -0.3 is 15.0 Å². The Kier molecular flexibility index (Phi) is 5.47. The van der Waals surface area contributed by atoms with E-state index >= 15 is 0 Å². The lowest BCUT2D eigenvalue weighted by Crippen LogP contribution is -2.51. The smallest absolute Gasteiger partial charge is 0.224 e. The summed E-state index contributed by atoms with van der Waals surface area (Å²) in [6.45, 7) is 7.70. The highest BCUT2D eigenvalue weighted by molar-refractivity contribution is 5.94. The molecule has 0 radical (unpaired) electrons. The van der Waals surface area contributed by atoms with Crippen LogP contribution < -0.4 is 10.2 Å². The average Bonchev–Trinajstić information content (AvgIpc) is 3.60. The lowest BCUT2D eigenvalue weighted by Gasteiger charge is -2.46. The zero-order valence-corrected chi connectivity index (χ0v) is 18.8. The highest BCUT2D eigenvalue weighted by Crippen LogP contribution is 2.50. The molecule has 2 aromatic rings. The van der Waals surface area contributed by atoms with Gasteiger partial charge in [-0.25, -0.2) is 4.98 Å². The molecule has 2 aliphatic heterocycles.